The van der Waals surface area contributed by atoms with Crippen LogP contribution in [0.3, 0.4) is 0 Å². The van der Waals surface area contributed by atoms with E-state index in [1.54, 1.807) is 0 Å². The summed E-state index contributed by atoms with van der Waals surface area (Å²) in [4.78, 5) is 13.0. The maximum absolute atomic E-state index is 10.6. The molecule has 1 N–H and O–H groups in total. The SMILES string of the molecule is CCC(Cc1ccccc1)N(CC)CCCC(=O)O. The Morgan fingerprint density at radius 3 is 2.47 bits per heavy atom. The number of aliphatic carboxylic acids is 1. The second-order valence-electron chi connectivity index (χ2n) is 4.88. The Morgan fingerprint density at radius 2 is 1.95 bits per heavy atom. The van der Waals surface area contributed by atoms with Gasteiger partial charge in [0.05, 0.1) is 0 Å². The van der Waals surface area contributed by atoms with E-state index in [9.17, 15) is 4.79 Å². The summed E-state index contributed by atoms with van der Waals surface area (Å²) in [5.41, 5.74) is 1.35. The highest BCUT2D eigenvalue weighted by atomic mass is 16.4. The molecule has 0 spiro atoms. The molecule has 0 radical (unpaired) electrons. The van der Waals surface area contributed by atoms with Crippen molar-refractivity contribution in [1.82, 2.24) is 4.90 Å². The Kier molecular flexibility index (Phi) is 7.19. The van der Waals surface area contributed by atoms with E-state index in [0.29, 0.717) is 6.04 Å². The van der Waals surface area contributed by atoms with Crippen molar-refractivity contribution in [3.63, 3.8) is 0 Å². The van der Waals surface area contributed by atoms with Crippen LogP contribution in [0.25, 0.3) is 0 Å². The number of hydrogen-bond acceptors (Lipinski definition) is 2. The van der Waals surface area contributed by atoms with Crippen molar-refractivity contribution in [2.75, 3.05) is 13.1 Å². The lowest BCUT2D eigenvalue weighted by molar-refractivity contribution is -0.137. The molecule has 3 heteroatoms. The molecular weight excluding hydrogens is 238 g/mol. The number of carbonyl (C=O) groups is 1. The van der Waals surface area contributed by atoms with Crippen molar-refractivity contribution in [2.24, 2.45) is 0 Å². The summed E-state index contributed by atoms with van der Waals surface area (Å²) in [5.74, 6) is -0.702. The maximum Gasteiger partial charge on any atom is 0.303 e. The first-order valence-electron chi connectivity index (χ1n) is 7.17. The monoisotopic (exact) mass is 263 g/mol. The molecule has 1 aromatic rings. The van der Waals surface area contributed by atoms with Gasteiger partial charge in [0.2, 0.25) is 0 Å². The number of nitrogens with zero attached hydrogens (tertiary/aromatic N) is 1. The van der Waals surface area contributed by atoms with Crippen LogP contribution in [-0.4, -0.2) is 35.1 Å². The van der Waals surface area contributed by atoms with Gasteiger partial charge in [-0.15, -0.1) is 0 Å². The van der Waals surface area contributed by atoms with Crippen LogP contribution in [0, 0.1) is 0 Å². The van der Waals surface area contributed by atoms with Gasteiger partial charge in [-0.2, -0.15) is 0 Å². The maximum atomic E-state index is 10.6. The number of rotatable bonds is 9. The third kappa shape index (κ3) is 5.88. The third-order valence-corrected chi connectivity index (χ3v) is 3.54. The molecule has 0 aliphatic carbocycles. The highest BCUT2D eigenvalue weighted by Gasteiger charge is 2.15. The van der Waals surface area contributed by atoms with Crippen LogP contribution in [0.2, 0.25) is 0 Å². The van der Waals surface area contributed by atoms with Gasteiger partial charge in [-0.05, 0) is 37.9 Å². The normalized spacial score (nSPS) is 12.6. The smallest absolute Gasteiger partial charge is 0.303 e. The van der Waals surface area contributed by atoms with Gasteiger partial charge in [0.25, 0.3) is 0 Å². The van der Waals surface area contributed by atoms with Gasteiger partial charge in [-0.1, -0.05) is 44.2 Å². The predicted octanol–water partition coefficient (Wildman–Crippen LogP) is 3.19. The summed E-state index contributed by atoms with van der Waals surface area (Å²) in [5, 5.41) is 8.71. The minimum Gasteiger partial charge on any atom is -0.481 e. The van der Waals surface area contributed by atoms with Gasteiger partial charge in [0, 0.05) is 12.5 Å². The topological polar surface area (TPSA) is 40.5 Å². The van der Waals surface area contributed by atoms with E-state index in [1.807, 2.05) is 6.07 Å². The molecule has 0 amide bonds. The molecule has 0 heterocycles. The van der Waals surface area contributed by atoms with E-state index < -0.39 is 5.97 Å². The minimum absolute atomic E-state index is 0.262. The van der Waals surface area contributed by atoms with Crippen LogP contribution in [0.5, 0.6) is 0 Å². The van der Waals surface area contributed by atoms with Gasteiger partial charge in [0.15, 0.2) is 0 Å². The molecule has 0 fully saturated rings. The second-order valence-corrected chi connectivity index (χ2v) is 4.88. The number of benzene rings is 1. The van der Waals surface area contributed by atoms with E-state index in [4.69, 9.17) is 5.11 Å². The highest BCUT2D eigenvalue weighted by molar-refractivity contribution is 5.66. The Bertz CT molecular complexity index is 364. The van der Waals surface area contributed by atoms with Crippen LogP contribution in [0.4, 0.5) is 0 Å². The van der Waals surface area contributed by atoms with E-state index in [1.165, 1.54) is 5.56 Å². The van der Waals surface area contributed by atoms with E-state index >= 15 is 0 Å². The molecule has 1 aromatic carbocycles. The lowest BCUT2D eigenvalue weighted by Crippen LogP contribution is -2.37. The molecule has 3 nitrogen and oxygen atoms in total. The molecule has 0 aliphatic heterocycles. The molecule has 106 valence electrons. The summed E-state index contributed by atoms with van der Waals surface area (Å²) in [6, 6.07) is 11.0. The van der Waals surface area contributed by atoms with E-state index in [-0.39, 0.29) is 6.42 Å². The standard InChI is InChI=1S/C16H25NO2/c1-3-15(13-14-9-6-5-7-10-14)17(4-2)12-8-11-16(18)19/h5-7,9-10,15H,3-4,8,11-13H2,1-2H3,(H,18,19). The molecule has 0 aromatic heterocycles. The molecule has 1 unspecified atom stereocenters. The largest absolute Gasteiger partial charge is 0.481 e. The lowest BCUT2D eigenvalue weighted by Gasteiger charge is -2.30. The summed E-state index contributed by atoms with van der Waals surface area (Å²) in [7, 11) is 0. The van der Waals surface area contributed by atoms with Crippen molar-refractivity contribution < 1.29 is 9.90 Å². The molecule has 1 rings (SSSR count). The Labute approximate surface area is 116 Å². The fraction of sp³-hybridized carbons (Fsp3) is 0.562. The zero-order chi connectivity index (χ0) is 14.1. The summed E-state index contributed by atoms with van der Waals surface area (Å²) >= 11 is 0. The van der Waals surface area contributed by atoms with Gasteiger partial charge < -0.3 is 10.0 Å². The van der Waals surface area contributed by atoms with Crippen molar-refractivity contribution >= 4 is 5.97 Å². The number of carboxylic acids is 1. The first-order valence-corrected chi connectivity index (χ1v) is 7.17. The van der Waals surface area contributed by atoms with Gasteiger partial charge in [-0.25, -0.2) is 0 Å². The molecule has 0 aliphatic rings. The Morgan fingerprint density at radius 1 is 1.26 bits per heavy atom. The second kappa shape index (κ2) is 8.70. The number of hydrogen-bond donors (Lipinski definition) is 1. The first-order chi connectivity index (χ1) is 9.17. The minimum atomic E-state index is -0.702. The fourth-order valence-corrected chi connectivity index (χ4v) is 2.45. The average molecular weight is 263 g/mol. The zero-order valence-electron chi connectivity index (χ0n) is 12.0. The molecule has 0 saturated heterocycles. The highest BCUT2D eigenvalue weighted by Crippen LogP contribution is 2.13. The van der Waals surface area contributed by atoms with Crippen molar-refractivity contribution in [3.8, 4) is 0 Å². The van der Waals surface area contributed by atoms with Crippen molar-refractivity contribution in [3.05, 3.63) is 35.9 Å². The van der Waals surface area contributed by atoms with Gasteiger partial charge in [-0.3, -0.25) is 4.79 Å². The number of likely N-dealkylation sites (N-methyl/N-ethyl adjacent to an activating group) is 1. The molecule has 19 heavy (non-hydrogen) atoms. The van der Waals surface area contributed by atoms with Crippen LogP contribution >= 0.6 is 0 Å². The number of carboxylic acid groups (broad SMARTS) is 1. The molecular formula is C16H25NO2. The van der Waals surface area contributed by atoms with Crippen LogP contribution in [-0.2, 0) is 11.2 Å². The Balaban J connectivity index is 2.52. The quantitative estimate of drug-likeness (QED) is 0.744. The predicted molar refractivity (Wildman–Crippen MR) is 78.3 cm³/mol. The van der Waals surface area contributed by atoms with Crippen molar-refractivity contribution in [1.29, 1.82) is 0 Å². The van der Waals surface area contributed by atoms with Gasteiger partial charge >= 0.3 is 5.97 Å². The molecule has 1 atom stereocenters. The van der Waals surface area contributed by atoms with Crippen LogP contribution in [0.15, 0.2) is 30.3 Å². The van der Waals surface area contributed by atoms with Gasteiger partial charge in [0.1, 0.15) is 0 Å². The molecule has 0 bridgehead atoms. The summed E-state index contributed by atoms with van der Waals surface area (Å²) < 4.78 is 0. The summed E-state index contributed by atoms with van der Waals surface area (Å²) in [6.45, 7) is 6.20. The van der Waals surface area contributed by atoms with E-state index in [2.05, 4.69) is 43.0 Å². The van der Waals surface area contributed by atoms with Crippen molar-refractivity contribution in [2.45, 2.75) is 45.6 Å². The third-order valence-electron chi connectivity index (χ3n) is 3.54. The summed E-state index contributed by atoms with van der Waals surface area (Å²) in [6.07, 6.45) is 3.13. The zero-order valence-corrected chi connectivity index (χ0v) is 12.0. The van der Waals surface area contributed by atoms with E-state index in [0.717, 1.165) is 32.4 Å². The average Bonchev–Trinajstić information content (AvgIpc) is 2.42. The van der Waals surface area contributed by atoms with Crippen LogP contribution < -0.4 is 0 Å². The lowest BCUT2D eigenvalue weighted by atomic mass is 10.0. The first kappa shape index (κ1) is 15.7. The molecule has 0 saturated carbocycles. The van der Waals surface area contributed by atoms with Crippen LogP contribution in [0.1, 0.15) is 38.7 Å². The fourth-order valence-electron chi connectivity index (χ4n) is 2.45. The Hall–Kier alpha value is -1.35.